The number of hydrogen-bond acceptors (Lipinski definition) is 3. The van der Waals surface area contributed by atoms with Gasteiger partial charge in [0, 0.05) is 12.5 Å². The molecule has 4 heteroatoms. The fourth-order valence-corrected chi connectivity index (χ4v) is 1.54. The minimum atomic E-state index is 0.597. The van der Waals surface area contributed by atoms with Gasteiger partial charge in [0.2, 0.25) is 0 Å². The lowest BCUT2D eigenvalue weighted by Crippen LogP contribution is -2.05. The monoisotopic (exact) mass is 205 g/mol. The molecule has 0 spiro atoms. The molecule has 0 aliphatic heterocycles. The molecule has 80 valence electrons. The molecule has 0 bridgehead atoms. The van der Waals surface area contributed by atoms with Crippen LogP contribution in [0.4, 0.5) is 5.82 Å². The number of nitrogens with two attached hydrogens (primary N) is 1. The second-order valence-electron chi connectivity index (χ2n) is 3.59. The molecule has 0 aromatic carbocycles. The number of rotatable bonds is 3. The van der Waals surface area contributed by atoms with E-state index in [4.69, 9.17) is 10.2 Å². The van der Waals surface area contributed by atoms with E-state index in [0.29, 0.717) is 12.4 Å². The fraction of sp³-hybridized carbons (Fsp3) is 0.364. The Kier molecular flexibility index (Phi) is 2.49. The summed E-state index contributed by atoms with van der Waals surface area (Å²) < 4.78 is 7.33. The van der Waals surface area contributed by atoms with Crippen LogP contribution in [0.15, 0.2) is 22.6 Å². The van der Waals surface area contributed by atoms with Gasteiger partial charge in [0.05, 0.1) is 5.69 Å². The lowest BCUT2D eigenvalue weighted by Gasteiger charge is -2.00. The lowest BCUT2D eigenvalue weighted by atomic mass is 10.3. The standard InChI is InChI=1S/C11H15N3O/c1-3-9-4-5-10(15-9)7-14-11(12)6-8(2)13-14/h4-6H,3,7,12H2,1-2H3. The maximum absolute atomic E-state index is 5.79. The summed E-state index contributed by atoms with van der Waals surface area (Å²) in [5, 5.41) is 4.27. The average molecular weight is 205 g/mol. The number of nitrogens with zero attached hydrogens (tertiary/aromatic N) is 2. The highest BCUT2D eigenvalue weighted by Gasteiger charge is 2.05. The molecule has 0 unspecified atom stereocenters. The zero-order chi connectivity index (χ0) is 10.8. The van der Waals surface area contributed by atoms with E-state index in [0.717, 1.165) is 23.6 Å². The first-order chi connectivity index (χ1) is 7.19. The smallest absolute Gasteiger partial charge is 0.125 e. The molecule has 2 N–H and O–H groups in total. The van der Waals surface area contributed by atoms with Gasteiger partial charge in [-0.05, 0) is 19.1 Å². The van der Waals surface area contributed by atoms with Crippen LogP contribution in [-0.4, -0.2) is 9.78 Å². The van der Waals surface area contributed by atoms with Crippen LogP contribution in [0, 0.1) is 6.92 Å². The van der Waals surface area contributed by atoms with Gasteiger partial charge >= 0.3 is 0 Å². The molecule has 0 amide bonds. The Bertz CT molecular complexity index is 456. The quantitative estimate of drug-likeness (QED) is 0.833. The van der Waals surface area contributed by atoms with Crippen LogP contribution in [0.1, 0.15) is 24.1 Å². The number of anilines is 1. The van der Waals surface area contributed by atoms with Crippen molar-refractivity contribution in [2.75, 3.05) is 5.73 Å². The Morgan fingerprint density at radius 1 is 1.40 bits per heavy atom. The minimum Gasteiger partial charge on any atom is -0.464 e. The van der Waals surface area contributed by atoms with Gasteiger partial charge in [-0.15, -0.1) is 0 Å². The Hall–Kier alpha value is -1.71. The van der Waals surface area contributed by atoms with Crippen molar-refractivity contribution in [1.82, 2.24) is 9.78 Å². The van der Waals surface area contributed by atoms with Crippen molar-refractivity contribution in [3.8, 4) is 0 Å². The van der Waals surface area contributed by atoms with Gasteiger partial charge in [0.1, 0.15) is 23.9 Å². The van der Waals surface area contributed by atoms with Crippen LogP contribution in [0.5, 0.6) is 0 Å². The first-order valence-corrected chi connectivity index (χ1v) is 5.06. The number of furan rings is 1. The molecule has 4 nitrogen and oxygen atoms in total. The summed E-state index contributed by atoms with van der Waals surface area (Å²) in [5.74, 6) is 2.55. The maximum Gasteiger partial charge on any atom is 0.125 e. The topological polar surface area (TPSA) is 57.0 Å². The normalized spacial score (nSPS) is 10.8. The highest BCUT2D eigenvalue weighted by molar-refractivity contribution is 5.30. The van der Waals surface area contributed by atoms with Crippen LogP contribution < -0.4 is 5.73 Å². The summed E-state index contributed by atoms with van der Waals surface area (Å²) >= 11 is 0. The molecule has 0 aliphatic carbocycles. The molecule has 0 saturated carbocycles. The van der Waals surface area contributed by atoms with Crippen molar-refractivity contribution < 1.29 is 4.42 Å². The lowest BCUT2D eigenvalue weighted by molar-refractivity contribution is 0.449. The van der Waals surface area contributed by atoms with Crippen LogP contribution in [0.2, 0.25) is 0 Å². The van der Waals surface area contributed by atoms with Gasteiger partial charge in [-0.2, -0.15) is 5.10 Å². The van der Waals surface area contributed by atoms with Gasteiger partial charge < -0.3 is 10.2 Å². The molecular formula is C11H15N3O. The van der Waals surface area contributed by atoms with E-state index in [9.17, 15) is 0 Å². The summed E-state index contributed by atoms with van der Waals surface area (Å²) in [6.07, 6.45) is 0.910. The molecule has 2 aromatic rings. The Morgan fingerprint density at radius 3 is 2.67 bits per heavy atom. The third-order valence-electron chi connectivity index (χ3n) is 2.30. The molecule has 0 radical (unpaired) electrons. The van der Waals surface area contributed by atoms with Crippen molar-refractivity contribution in [2.24, 2.45) is 0 Å². The second-order valence-corrected chi connectivity index (χ2v) is 3.59. The van der Waals surface area contributed by atoms with Crippen molar-refractivity contribution >= 4 is 5.82 Å². The van der Waals surface area contributed by atoms with Crippen molar-refractivity contribution in [3.63, 3.8) is 0 Å². The molecule has 0 fully saturated rings. The number of nitrogen functional groups attached to an aromatic ring is 1. The van der Waals surface area contributed by atoms with Crippen molar-refractivity contribution in [1.29, 1.82) is 0 Å². The Balaban J connectivity index is 2.17. The van der Waals surface area contributed by atoms with E-state index in [1.165, 1.54) is 0 Å². The molecule has 15 heavy (non-hydrogen) atoms. The highest BCUT2D eigenvalue weighted by atomic mass is 16.3. The minimum absolute atomic E-state index is 0.597. The molecule has 0 atom stereocenters. The first-order valence-electron chi connectivity index (χ1n) is 5.06. The predicted octanol–water partition coefficient (Wildman–Crippen LogP) is 1.98. The maximum atomic E-state index is 5.79. The van der Waals surface area contributed by atoms with Crippen LogP contribution in [0.3, 0.4) is 0 Å². The van der Waals surface area contributed by atoms with Gasteiger partial charge in [0.25, 0.3) is 0 Å². The van der Waals surface area contributed by atoms with E-state index < -0.39 is 0 Å². The number of aromatic nitrogens is 2. The van der Waals surface area contributed by atoms with Gasteiger partial charge in [-0.3, -0.25) is 0 Å². The third-order valence-corrected chi connectivity index (χ3v) is 2.30. The van der Waals surface area contributed by atoms with Crippen LogP contribution in [-0.2, 0) is 13.0 Å². The van der Waals surface area contributed by atoms with Gasteiger partial charge in [-0.1, -0.05) is 6.92 Å². The molecule has 2 aromatic heterocycles. The largest absolute Gasteiger partial charge is 0.464 e. The van der Waals surface area contributed by atoms with Gasteiger partial charge in [0.15, 0.2) is 0 Å². The van der Waals surface area contributed by atoms with E-state index in [-0.39, 0.29) is 0 Å². The van der Waals surface area contributed by atoms with Crippen LogP contribution >= 0.6 is 0 Å². The molecule has 0 saturated heterocycles. The summed E-state index contributed by atoms with van der Waals surface area (Å²) in [5.41, 5.74) is 6.71. The summed E-state index contributed by atoms with van der Waals surface area (Å²) in [6, 6.07) is 5.81. The molecule has 2 heterocycles. The highest BCUT2D eigenvalue weighted by Crippen LogP contribution is 2.12. The fourth-order valence-electron chi connectivity index (χ4n) is 1.54. The molecule has 0 aliphatic rings. The van der Waals surface area contributed by atoms with Gasteiger partial charge in [-0.25, -0.2) is 4.68 Å². The number of aryl methyl sites for hydroxylation is 2. The summed E-state index contributed by atoms with van der Waals surface area (Å²) in [6.45, 7) is 4.58. The van der Waals surface area contributed by atoms with E-state index in [1.54, 1.807) is 4.68 Å². The Morgan fingerprint density at radius 2 is 2.13 bits per heavy atom. The van der Waals surface area contributed by atoms with Crippen molar-refractivity contribution in [3.05, 3.63) is 35.4 Å². The van der Waals surface area contributed by atoms with E-state index in [2.05, 4.69) is 12.0 Å². The summed E-state index contributed by atoms with van der Waals surface area (Å²) in [7, 11) is 0. The summed E-state index contributed by atoms with van der Waals surface area (Å²) in [4.78, 5) is 0. The zero-order valence-electron chi connectivity index (χ0n) is 9.03. The SMILES string of the molecule is CCc1ccc(Cn2nc(C)cc2N)o1. The van der Waals surface area contributed by atoms with Crippen LogP contribution in [0.25, 0.3) is 0 Å². The zero-order valence-corrected chi connectivity index (χ0v) is 9.03. The van der Waals surface area contributed by atoms with E-state index >= 15 is 0 Å². The Labute approximate surface area is 88.7 Å². The first kappa shape index (κ1) is 9.83. The average Bonchev–Trinajstić information content (AvgIpc) is 2.75. The van der Waals surface area contributed by atoms with Crippen molar-refractivity contribution in [2.45, 2.75) is 26.8 Å². The number of hydrogen-bond donors (Lipinski definition) is 1. The second kappa shape index (κ2) is 3.81. The predicted molar refractivity (Wildman–Crippen MR) is 58.6 cm³/mol. The molecular weight excluding hydrogens is 190 g/mol. The molecule has 2 rings (SSSR count). The third kappa shape index (κ3) is 2.03. The van der Waals surface area contributed by atoms with E-state index in [1.807, 2.05) is 25.1 Å².